The van der Waals surface area contributed by atoms with Crippen molar-refractivity contribution in [1.82, 2.24) is 19.6 Å². The maximum Gasteiger partial charge on any atom is 0.508 e. The highest BCUT2D eigenvalue weighted by molar-refractivity contribution is 5.96. The van der Waals surface area contributed by atoms with Crippen LogP contribution in [0.3, 0.4) is 0 Å². The van der Waals surface area contributed by atoms with Crippen LogP contribution >= 0.6 is 0 Å². The van der Waals surface area contributed by atoms with Gasteiger partial charge in [-0.3, -0.25) is 9.59 Å². The Kier molecular flexibility index (Phi) is 8.98. The fraction of sp³-hybridized carbons (Fsp3) is 0.471. The molecule has 0 fully saturated rings. The zero-order valence-corrected chi connectivity index (χ0v) is 17.8. The molecule has 17 heteroatoms. The first kappa shape index (κ1) is 25.7. The van der Waals surface area contributed by atoms with E-state index in [-0.39, 0.29) is 37.4 Å². The summed E-state index contributed by atoms with van der Waals surface area (Å²) in [6.45, 7) is 0.570. The fourth-order valence-corrected chi connectivity index (χ4v) is 2.77. The molecule has 34 heavy (non-hydrogen) atoms. The first-order chi connectivity index (χ1) is 16.1. The highest BCUT2D eigenvalue weighted by Gasteiger charge is 2.25. The molecule has 0 unspecified atom stereocenters. The molecule has 0 spiro atoms. The third-order valence-corrected chi connectivity index (χ3v) is 4.36. The summed E-state index contributed by atoms with van der Waals surface area (Å²) in [5.41, 5.74) is 9.58. The number of primary amides is 2. The monoisotopic (exact) mass is 482 g/mol. The molecule has 0 bridgehead atoms. The minimum absolute atomic E-state index is 0.0394. The zero-order chi connectivity index (χ0) is 25.3. The van der Waals surface area contributed by atoms with Crippen molar-refractivity contribution >= 4 is 29.6 Å². The number of aromatic nitrogens is 4. The number of nitrogens with zero attached hydrogens (tertiary/aromatic N) is 6. The summed E-state index contributed by atoms with van der Waals surface area (Å²) in [5, 5.41) is 29.1. The van der Waals surface area contributed by atoms with Crippen molar-refractivity contribution in [2.24, 2.45) is 11.5 Å². The lowest BCUT2D eigenvalue weighted by atomic mass is 10.3. The van der Waals surface area contributed by atoms with E-state index in [1.165, 1.54) is 21.8 Å². The number of unbranched alkanes of at least 4 members (excludes halogenated alkanes) is 2. The molecule has 17 nitrogen and oxygen atoms in total. The summed E-state index contributed by atoms with van der Waals surface area (Å²) < 4.78 is 12.2. The van der Waals surface area contributed by atoms with Gasteiger partial charge in [0.2, 0.25) is 0 Å². The SMILES string of the molecule is NC(=O)c1cn(CCCCOC(=O)OCCCCn2cc(C(N)=O)c([N+](=O)[O-])n2)nc1[N+](=O)[O-]. The topological polar surface area (TPSA) is 244 Å². The molecule has 0 saturated carbocycles. The van der Waals surface area contributed by atoms with Crippen molar-refractivity contribution in [2.45, 2.75) is 38.8 Å². The van der Waals surface area contributed by atoms with Gasteiger partial charge in [0.1, 0.15) is 0 Å². The average Bonchev–Trinajstić information content (AvgIpc) is 3.38. The number of amides is 2. The van der Waals surface area contributed by atoms with Crippen molar-refractivity contribution in [3.63, 3.8) is 0 Å². The van der Waals surface area contributed by atoms with Crippen molar-refractivity contribution in [3.8, 4) is 0 Å². The van der Waals surface area contributed by atoms with E-state index < -0.39 is 39.5 Å². The molecule has 0 aromatic carbocycles. The van der Waals surface area contributed by atoms with Crippen LogP contribution in [0.1, 0.15) is 46.4 Å². The lowest BCUT2D eigenvalue weighted by Crippen LogP contribution is -2.12. The molecular formula is C17H22N8O9. The van der Waals surface area contributed by atoms with E-state index >= 15 is 0 Å². The Hall–Kier alpha value is -4.57. The number of rotatable bonds is 14. The van der Waals surface area contributed by atoms with Crippen LogP contribution < -0.4 is 11.5 Å². The Morgan fingerprint density at radius 1 is 0.794 bits per heavy atom. The van der Waals surface area contributed by atoms with Gasteiger partial charge in [0.05, 0.1) is 48.9 Å². The molecule has 0 aliphatic carbocycles. The van der Waals surface area contributed by atoms with Gasteiger partial charge in [-0.2, -0.15) is 9.36 Å². The highest BCUT2D eigenvalue weighted by Crippen LogP contribution is 2.16. The second-order valence-electron chi connectivity index (χ2n) is 6.86. The number of nitro groups is 2. The molecule has 2 aromatic rings. The van der Waals surface area contributed by atoms with E-state index in [9.17, 15) is 34.6 Å². The maximum atomic E-state index is 11.6. The van der Waals surface area contributed by atoms with E-state index in [1.54, 1.807) is 0 Å². The van der Waals surface area contributed by atoms with Crippen LogP contribution in [0.4, 0.5) is 16.4 Å². The predicted molar refractivity (Wildman–Crippen MR) is 111 cm³/mol. The highest BCUT2D eigenvalue weighted by atomic mass is 16.7. The van der Waals surface area contributed by atoms with Gasteiger partial charge in [-0.05, 0) is 35.5 Å². The van der Waals surface area contributed by atoms with E-state index in [0.717, 1.165) is 0 Å². The van der Waals surface area contributed by atoms with Crippen LogP contribution in [0.5, 0.6) is 0 Å². The second-order valence-corrected chi connectivity index (χ2v) is 6.86. The average molecular weight is 482 g/mol. The van der Waals surface area contributed by atoms with E-state index in [1.807, 2.05) is 0 Å². The van der Waals surface area contributed by atoms with Gasteiger partial charge in [-0.1, -0.05) is 0 Å². The fourth-order valence-electron chi connectivity index (χ4n) is 2.77. The Morgan fingerprint density at radius 3 is 1.47 bits per heavy atom. The second kappa shape index (κ2) is 11.9. The van der Waals surface area contributed by atoms with Gasteiger partial charge in [0.25, 0.3) is 11.8 Å². The lowest BCUT2D eigenvalue weighted by molar-refractivity contribution is -0.390. The van der Waals surface area contributed by atoms with Crippen molar-refractivity contribution < 1.29 is 33.7 Å². The summed E-state index contributed by atoms with van der Waals surface area (Å²) in [4.78, 5) is 54.1. The summed E-state index contributed by atoms with van der Waals surface area (Å²) in [6, 6.07) is 0. The van der Waals surface area contributed by atoms with E-state index in [4.69, 9.17) is 20.9 Å². The van der Waals surface area contributed by atoms with Crippen molar-refractivity contribution in [3.05, 3.63) is 43.7 Å². The lowest BCUT2D eigenvalue weighted by Gasteiger charge is -2.05. The third kappa shape index (κ3) is 7.24. The van der Waals surface area contributed by atoms with Crippen molar-refractivity contribution in [2.75, 3.05) is 13.2 Å². The Morgan fingerprint density at radius 2 is 1.18 bits per heavy atom. The number of carbonyl (C=O) groups excluding carboxylic acids is 3. The summed E-state index contributed by atoms with van der Waals surface area (Å²) in [5.74, 6) is -3.14. The van der Waals surface area contributed by atoms with Crippen LogP contribution in [0.25, 0.3) is 0 Å². The van der Waals surface area contributed by atoms with Crippen LogP contribution in [0.15, 0.2) is 12.4 Å². The van der Waals surface area contributed by atoms with Gasteiger partial charge < -0.3 is 41.2 Å². The van der Waals surface area contributed by atoms with Gasteiger partial charge in [-0.25, -0.2) is 4.79 Å². The molecule has 0 aliphatic heterocycles. The number of aryl methyl sites for hydroxylation is 2. The van der Waals surface area contributed by atoms with E-state index in [2.05, 4.69) is 10.2 Å². The number of carbonyl (C=O) groups is 3. The number of nitrogens with two attached hydrogens (primary N) is 2. The Balaban J connectivity index is 1.60. The first-order valence-corrected chi connectivity index (χ1v) is 9.93. The zero-order valence-electron chi connectivity index (χ0n) is 17.8. The first-order valence-electron chi connectivity index (χ1n) is 9.93. The molecule has 0 atom stereocenters. The van der Waals surface area contributed by atoms with Gasteiger partial charge in [-0.15, -0.1) is 0 Å². The Bertz CT molecular complexity index is 932. The van der Waals surface area contributed by atoms with Gasteiger partial charge in [0, 0.05) is 0 Å². The largest absolute Gasteiger partial charge is 0.508 e. The van der Waals surface area contributed by atoms with Crippen molar-refractivity contribution in [1.29, 1.82) is 0 Å². The molecule has 2 rings (SSSR count). The van der Waals surface area contributed by atoms with Crippen LogP contribution in [0.2, 0.25) is 0 Å². The molecule has 0 aliphatic rings. The Labute approximate surface area is 190 Å². The quantitative estimate of drug-likeness (QED) is 0.162. The minimum Gasteiger partial charge on any atom is -0.434 e. The summed E-state index contributed by atoms with van der Waals surface area (Å²) >= 11 is 0. The van der Waals surface area contributed by atoms with Gasteiger partial charge in [0.15, 0.2) is 11.1 Å². The van der Waals surface area contributed by atoms with Gasteiger partial charge >= 0.3 is 17.8 Å². The molecule has 184 valence electrons. The molecule has 0 radical (unpaired) electrons. The third-order valence-electron chi connectivity index (χ3n) is 4.36. The molecule has 0 saturated heterocycles. The minimum atomic E-state index is -0.953. The van der Waals surface area contributed by atoms with E-state index in [0.29, 0.717) is 25.7 Å². The smallest absolute Gasteiger partial charge is 0.434 e. The number of ether oxygens (including phenoxy) is 2. The molecule has 2 amide bonds. The van der Waals surface area contributed by atoms with Crippen LogP contribution in [-0.4, -0.2) is 60.6 Å². The van der Waals surface area contributed by atoms with Crippen LogP contribution in [-0.2, 0) is 22.6 Å². The molecule has 2 aromatic heterocycles. The summed E-state index contributed by atoms with van der Waals surface area (Å²) in [6.07, 6.45) is 3.22. The molecule has 4 N–H and O–H groups in total. The summed E-state index contributed by atoms with van der Waals surface area (Å²) in [7, 11) is 0. The number of hydrogen-bond donors (Lipinski definition) is 2. The molecular weight excluding hydrogens is 460 g/mol. The predicted octanol–water partition coefficient (Wildman–Crippen LogP) is 0.508. The number of hydrogen-bond acceptors (Lipinski definition) is 11. The standard InChI is InChI=1S/C17H22N8O9/c18-13(26)11-9-22(20-15(11)24(29)30)5-1-3-7-33-17(28)34-8-4-2-6-23-10-12(14(19)27)16(21-23)25(31)32/h9-10H,1-8H2,(H2,18,26)(H2,19,27). The van der Waals surface area contributed by atoms with Crippen LogP contribution in [0, 0.1) is 20.2 Å². The normalized spacial score (nSPS) is 10.6. The molecule has 2 heterocycles. The maximum absolute atomic E-state index is 11.6.